The molecule has 1 amide bonds. The number of carbonyl (C=O) groups excluding carboxylic acids is 1. The Morgan fingerprint density at radius 1 is 0.897 bits per heavy atom. The predicted octanol–water partition coefficient (Wildman–Crippen LogP) is 4.35. The highest BCUT2D eigenvalue weighted by Gasteiger charge is 2.26. The number of para-hydroxylation sites is 1. The van der Waals surface area contributed by atoms with Crippen LogP contribution < -0.4 is 5.32 Å². The third kappa shape index (κ3) is 3.31. The Morgan fingerprint density at radius 2 is 1.59 bits per heavy atom. The first-order valence-electron chi connectivity index (χ1n) is 9.76. The van der Waals surface area contributed by atoms with Crippen LogP contribution in [0.25, 0.3) is 17.1 Å². The van der Waals surface area contributed by atoms with Crippen LogP contribution in [-0.2, 0) is 6.42 Å². The highest BCUT2D eigenvalue weighted by Crippen LogP contribution is 2.31. The maximum atomic E-state index is 13.0. The largest absolute Gasteiger partial charge is 0.342 e. The number of nitrogens with zero attached hydrogens (tertiary/aromatic N) is 3. The van der Waals surface area contributed by atoms with Crippen LogP contribution in [0, 0.1) is 0 Å². The normalized spacial score (nSPS) is 15.1. The molecule has 1 aliphatic carbocycles. The third-order valence-electron chi connectivity index (χ3n) is 5.28. The number of aryl methyl sites for hydroxylation is 1. The summed E-state index contributed by atoms with van der Waals surface area (Å²) in [5.74, 6) is 0.574. The summed E-state index contributed by atoms with van der Waals surface area (Å²) in [5, 5.41) is 7.67. The standard InChI is InChI=1S/C24H20N4O/c29-24(25-21-16-15-17-9-7-8-14-20(17)21)22-26-23(18-10-3-1-4-11-18)28(27-22)19-12-5-2-6-13-19/h1-14,21H,15-16H2,(H,25,29). The Morgan fingerprint density at radius 3 is 2.38 bits per heavy atom. The van der Waals surface area contributed by atoms with E-state index in [-0.39, 0.29) is 17.8 Å². The summed E-state index contributed by atoms with van der Waals surface area (Å²) < 4.78 is 1.73. The molecule has 4 aromatic rings. The van der Waals surface area contributed by atoms with Gasteiger partial charge in [0.1, 0.15) is 0 Å². The SMILES string of the molecule is O=C(NC1CCc2ccccc21)c1nc(-c2ccccc2)n(-c2ccccc2)n1. The molecule has 0 fully saturated rings. The lowest BCUT2D eigenvalue weighted by molar-refractivity contribution is 0.0926. The molecule has 29 heavy (non-hydrogen) atoms. The first-order chi connectivity index (χ1) is 14.3. The van der Waals surface area contributed by atoms with Gasteiger partial charge in [-0.05, 0) is 36.1 Å². The summed E-state index contributed by atoms with van der Waals surface area (Å²) >= 11 is 0. The fourth-order valence-electron chi connectivity index (χ4n) is 3.86. The zero-order valence-corrected chi connectivity index (χ0v) is 15.8. The molecule has 0 aliphatic heterocycles. The lowest BCUT2D eigenvalue weighted by atomic mass is 10.1. The van der Waals surface area contributed by atoms with Crippen LogP contribution in [0.15, 0.2) is 84.9 Å². The van der Waals surface area contributed by atoms with E-state index in [2.05, 4.69) is 27.5 Å². The van der Waals surface area contributed by atoms with Gasteiger partial charge in [0, 0.05) is 5.56 Å². The molecule has 1 atom stereocenters. The third-order valence-corrected chi connectivity index (χ3v) is 5.28. The van der Waals surface area contributed by atoms with Gasteiger partial charge in [0.15, 0.2) is 5.82 Å². The molecule has 0 radical (unpaired) electrons. The summed E-state index contributed by atoms with van der Waals surface area (Å²) in [7, 11) is 0. The minimum Gasteiger partial charge on any atom is -0.342 e. The van der Waals surface area contributed by atoms with Gasteiger partial charge < -0.3 is 5.32 Å². The minimum atomic E-state index is -0.251. The van der Waals surface area contributed by atoms with Gasteiger partial charge in [-0.25, -0.2) is 9.67 Å². The Balaban J connectivity index is 1.49. The number of benzene rings is 3. The molecular formula is C24H20N4O. The van der Waals surface area contributed by atoms with Gasteiger partial charge in [-0.1, -0.05) is 72.8 Å². The van der Waals surface area contributed by atoms with E-state index in [1.54, 1.807) is 4.68 Å². The summed E-state index contributed by atoms with van der Waals surface area (Å²) in [4.78, 5) is 17.6. The van der Waals surface area contributed by atoms with Crippen molar-refractivity contribution in [1.82, 2.24) is 20.1 Å². The van der Waals surface area contributed by atoms with Crippen LogP contribution in [-0.4, -0.2) is 20.7 Å². The maximum absolute atomic E-state index is 13.0. The van der Waals surface area contributed by atoms with Gasteiger partial charge in [0.05, 0.1) is 11.7 Å². The van der Waals surface area contributed by atoms with E-state index in [1.807, 2.05) is 72.8 Å². The molecule has 5 rings (SSSR count). The maximum Gasteiger partial charge on any atom is 0.291 e. The summed E-state index contributed by atoms with van der Waals surface area (Å²) in [6.07, 6.45) is 1.87. The summed E-state index contributed by atoms with van der Waals surface area (Å²) in [6.45, 7) is 0. The van der Waals surface area contributed by atoms with Gasteiger partial charge in [0.25, 0.3) is 5.91 Å². The predicted molar refractivity (Wildman–Crippen MR) is 112 cm³/mol. The van der Waals surface area contributed by atoms with Crippen molar-refractivity contribution in [1.29, 1.82) is 0 Å². The van der Waals surface area contributed by atoms with Crippen LogP contribution in [0.4, 0.5) is 0 Å². The van der Waals surface area contributed by atoms with Crippen molar-refractivity contribution in [3.8, 4) is 17.1 Å². The van der Waals surface area contributed by atoms with Crippen molar-refractivity contribution in [2.45, 2.75) is 18.9 Å². The summed E-state index contributed by atoms with van der Waals surface area (Å²) in [5.41, 5.74) is 4.26. The number of fused-ring (bicyclic) bond motifs is 1. The average molecular weight is 380 g/mol. The van der Waals surface area contributed by atoms with Crippen molar-refractivity contribution in [2.24, 2.45) is 0 Å². The molecule has 0 spiro atoms. The monoisotopic (exact) mass is 380 g/mol. The molecule has 5 heteroatoms. The molecule has 1 aromatic heterocycles. The number of hydrogen-bond donors (Lipinski definition) is 1. The van der Waals surface area contributed by atoms with Crippen molar-refractivity contribution in [2.75, 3.05) is 0 Å². The molecule has 0 saturated carbocycles. The molecule has 3 aromatic carbocycles. The van der Waals surface area contributed by atoms with E-state index in [1.165, 1.54) is 11.1 Å². The van der Waals surface area contributed by atoms with E-state index in [9.17, 15) is 4.79 Å². The average Bonchev–Trinajstić information content (AvgIpc) is 3.40. The van der Waals surface area contributed by atoms with Gasteiger partial charge in [-0.2, -0.15) is 0 Å². The topological polar surface area (TPSA) is 59.8 Å². The molecule has 0 saturated heterocycles. The highest BCUT2D eigenvalue weighted by atomic mass is 16.2. The summed E-state index contributed by atoms with van der Waals surface area (Å²) in [6, 6.07) is 27.8. The number of rotatable bonds is 4. The number of hydrogen-bond acceptors (Lipinski definition) is 3. The van der Waals surface area contributed by atoms with Gasteiger partial charge in [0.2, 0.25) is 5.82 Å². The lowest BCUT2D eigenvalue weighted by Crippen LogP contribution is -2.28. The number of nitrogens with one attached hydrogen (secondary N) is 1. The molecule has 1 aliphatic rings. The number of aromatic nitrogens is 3. The van der Waals surface area contributed by atoms with E-state index in [4.69, 9.17) is 0 Å². The fourth-order valence-corrected chi connectivity index (χ4v) is 3.86. The van der Waals surface area contributed by atoms with Crippen molar-refractivity contribution >= 4 is 5.91 Å². The minimum absolute atomic E-state index is 0.00236. The smallest absolute Gasteiger partial charge is 0.291 e. The van der Waals surface area contributed by atoms with E-state index in [0.717, 1.165) is 24.1 Å². The van der Waals surface area contributed by atoms with Crippen LogP contribution in [0.3, 0.4) is 0 Å². The Labute approximate surface area is 169 Å². The Kier molecular flexibility index (Phi) is 4.41. The molecule has 5 nitrogen and oxygen atoms in total. The quantitative estimate of drug-likeness (QED) is 0.573. The second-order valence-corrected chi connectivity index (χ2v) is 7.14. The van der Waals surface area contributed by atoms with Crippen LogP contribution in [0.1, 0.15) is 34.2 Å². The second kappa shape index (κ2) is 7.36. The molecular weight excluding hydrogens is 360 g/mol. The first kappa shape index (κ1) is 17.4. The molecule has 0 bridgehead atoms. The van der Waals surface area contributed by atoms with Crippen molar-refractivity contribution < 1.29 is 4.79 Å². The Bertz CT molecular complexity index is 1090. The molecule has 1 unspecified atom stereocenters. The highest BCUT2D eigenvalue weighted by molar-refractivity contribution is 5.91. The van der Waals surface area contributed by atoms with Crippen LogP contribution in [0.5, 0.6) is 0 Å². The zero-order valence-electron chi connectivity index (χ0n) is 15.8. The molecule has 142 valence electrons. The van der Waals surface area contributed by atoms with E-state index >= 15 is 0 Å². The zero-order chi connectivity index (χ0) is 19.6. The van der Waals surface area contributed by atoms with Gasteiger partial charge >= 0.3 is 0 Å². The molecule has 1 heterocycles. The number of carbonyl (C=O) groups is 1. The van der Waals surface area contributed by atoms with Crippen molar-refractivity contribution in [3.05, 3.63) is 102 Å². The van der Waals surface area contributed by atoms with Crippen LogP contribution >= 0.6 is 0 Å². The van der Waals surface area contributed by atoms with E-state index < -0.39 is 0 Å². The fraction of sp³-hybridized carbons (Fsp3) is 0.125. The lowest BCUT2D eigenvalue weighted by Gasteiger charge is -2.12. The number of amides is 1. The van der Waals surface area contributed by atoms with Crippen LogP contribution in [0.2, 0.25) is 0 Å². The van der Waals surface area contributed by atoms with Gasteiger partial charge in [-0.15, -0.1) is 5.10 Å². The molecule has 1 N–H and O–H groups in total. The van der Waals surface area contributed by atoms with Crippen molar-refractivity contribution in [3.63, 3.8) is 0 Å². The first-order valence-corrected chi connectivity index (χ1v) is 9.76. The Hall–Kier alpha value is -3.73. The second-order valence-electron chi connectivity index (χ2n) is 7.14. The van der Waals surface area contributed by atoms with Gasteiger partial charge in [-0.3, -0.25) is 4.79 Å². The van der Waals surface area contributed by atoms with E-state index in [0.29, 0.717) is 5.82 Å².